The number of nitrogens with zero attached hydrogens (tertiary/aromatic N) is 2. The first-order valence-electron chi connectivity index (χ1n) is 1.82. The molecule has 0 amide bonds. The molecule has 0 spiro atoms. The number of hydrogen-bond acceptors (Lipinski definition) is 3. The van der Waals surface area contributed by atoms with Gasteiger partial charge in [0.1, 0.15) is 0 Å². The second kappa shape index (κ2) is 3.35. The molecule has 0 radical (unpaired) electrons. The van der Waals surface area contributed by atoms with E-state index in [1.54, 1.807) is 18.5 Å². The first-order valence-corrected chi connectivity index (χ1v) is 2.20. The van der Waals surface area contributed by atoms with Gasteiger partial charge in [0, 0.05) is 12.4 Å². The van der Waals surface area contributed by atoms with Crippen molar-refractivity contribution in [3.05, 3.63) is 23.7 Å². The molecule has 1 aromatic heterocycles. The molecule has 1 aromatic rings. The average Bonchev–Trinajstić information content (AvgIpc) is 1.69. The average molecular weight is 132 g/mol. The summed E-state index contributed by atoms with van der Waals surface area (Å²) in [7, 11) is 0. The van der Waals surface area contributed by atoms with Crippen LogP contribution >= 0.6 is 11.6 Å². The van der Waals surface area contributed by atoms with Gasteiger partial charge in [-0.05, 0) is 17.7 Å². The van der Waals surface area contributed by atoms with Crippen molar-refractivity contribution in [3.63, 3.8) is 0 Å². The van der Waals surface area contributed by atoms with E-state index < -0.39 is 0 Å². The van der Waals surface area contributed by atoms with Crippen molar-refractivity contribution in [1.82, 2.24) is 16.1 Å². The minimum Gasteiger partial charge on any atom is -0.344 e. The fourth-order valence-corrected chi connectivity index (χ4v) is 0.394. The summed E-state index contributed by atoms with van der Waals surface area (Å²) in [4.78, 5) is 7.27. The van der Waals surface area contributed by atoms with E-state index in [2.05, 4.69) is 9.97 Å². The predicted molar refractivity (Wildman–Crippen MR) is 32.1 cm³/mol. The SMILES string of the molecule is Clc1ncccn1.N. The summed E-state index contributed by atoms with van der Waals surface area (Å²) >= 11 is 5.32. The van der Waals surface area contributed by atoms with Crippen molar-refractivity contribution in [1.29, 1.82) is 0 Å². The quantitative estimate of drug-likeness (QED) is 0.540. The first kappa shape index (κ1) is 7.33. The minimum absolute atomic E-state index is 0. The molecule has 0 aromatic carbocycles. The van der Waals surface area contributed by atoms with Gasteiger partial charge >= 0.3 is 0 Å². The molecule has 0 fully saturated rings. The highest BCUT2D eigenvalue weighted by atomic mass is 35.5. The van der Waals surface area contributed by atoms with E-state index in [1.807, 2.05) is 0 Å². The van der Waals surface area contributed by atoms with Crippen molar-refractivity contribution in [3.8, 4) is 0 Å². The largest absolute Gasteiger partial charge is 0.344 e. The van der Waals surface area contributed by atoms with Gasteiger partial charge in [-0.1, -0.05) is 0 Å². The lowest BCUT2D eigenvalue weighted by Crippen LogP contribution is -1.73. The topological polar surface area (TPSA) is 60.8 Å². The van der Waals surface area contributed by atoms with E-state index in [4.69, 9.17) is 11.6 Å². The number of rotatable bonds is 0. The van der Waals surface area contributed by atoms with Crippen LogP contribution in [0.15, 0.2) is 18.5 Å². The zero-order chi connectivity index (χ0) is 5.11. The van der Waals surface area contributed by atoms with E-state index >= 15 is 0 Å². The van der Waals surface area contributed by atoms with Gasteiger partial charge in [0.05, 0.1) is 0 Å². The Hall–Kier alpha value is -0.670. The zero-order valence-electron chi connectivity index (χ0n) is 4.21. The van der Waals surface area contributed by atoms with Gasteiger partial charge in [-0.15, -0.1) is 0 Å². The second-order valence-corrected chi connectivity index (χ2v) is 1.36. The molecular weight excluding hydrogens is 126 g/mol. The fourth-order valence-electron chi connectivity index (χ4n) is 0.281. The number of hydrogen-bond donors (Lipinski definition) is 1. The van der Waals surface area contributed by atoms with Crippen LogP contribution in [0, 0.1) is 0 Å². The highest BCUT2D eigenvalue weighted by molar-refractivity contribution is 6.28. The van der Waals surface area contributed by atoms with Crippen LogP contribution in [0.4, 0.5) is 0 Å². The van der Waals surface area contributed by atoms with Crippen LogP contribution in [-0.4, -0.2) is 9.97 Å². The molecule has 0 aliphatic carbocycles. The maximum absolute atomic E-state index is 5.32. The monoisotopic (exact) mass is 131 g/mol. The molecular formula is C4H6ClN3. The Morgan fingerprint density at radius 2 is 1.75 bits per heavy atom. The Balaban J connectivity index is 0.000000490. The smallest absolute Gasteiger partial charge is 0.222 e. The molecule has 0 aliphatic heterocycles. The first-order chi connectivity index (χ1) is 3.39. The van der Waals surface area contributed by atoms with Gasteiger partial charge in [0.25, 0.3) is 0 Å². The summed E-state index contributed by atoms with van der Waals surface area (Å²) in [6.45, 7) is 0. The summed E-state index contributed by atoms with van der Waals surface area (Å²) in [6, 6.07) is 1.71. The lowest BCUT2D eigenvalue weighted by atomic mass is 10.7. The maximum atomic E-state index is 5.32. The van der Waals surface area contributed by atoms with Crippen molar-refractivity contribution in [2.45, 2.75) is 0 Å². The van der Waals surface area contributed by atoms with E-state index in [1.165, 1.54) is 0 Å². The Morgan fingerprint density at radius 3 is 2.00 bits per heavy atom. The lowest BCUT2D eigenvalue weighted by molar-refractivity contribution is 1.17. The third kappa shape index (κ3) is 1.86. The summed E-state index contributed by atoms with van der Waals surface area (Å²) < 4.78 is 0. The Labute approximate surface area is 52.3 Å². The molecule has 0 aliphatic rings. The van der Waals surface area contributed by atoms with Crippen LogP contribution in [0.2, 0.25) is 5.28 Å². The number of aromatic nitrogens is 2. The van der Waals surface area contributed by atoms with Crippen LogP contribution in [0.1, 0.15) is 0 Å². The highest BCUT2D eigenvalue weighted by Gasteiger charge is 1.78. The maximum Gasteiger partial charge on any atom is 0.222 e. The Morgan fingerprint density at radius 1 is 1.25 bits per heavy atom. The molecule has 0 atom stereocenters. The Kier molecular flexibility index (Phi) is 3.07. The van der Waals surface area contributed by atoms with Gasteiger partial charge in [-0.2, -0.15) is 0 Å². The van der Waals surface area contributed by atoms with Gasteiger partial charge in [0.2, 0.25) is 5.28 Å². The third-order valence-corrected chi connectivity index (χ3v) is 0.729. The Bertz CT molecular complexity index is 141. The molecule has 3 N–H and O–H groups in total. The molecule has 0 unspecified atom stereocenters. The molecule has 1 rings (SSSR count). The standard InChI is InChI=1S/C4H3ClN2.H3N/c5-4-6-2-1-3-7-4;/h1-3H;1H3. The van der Waals surface area contributed by atoms with Gasteiger partial charge in [-0.3, -0.25) is 0 Å². The van der Waals surface area contributed by atoms with Gasteiger partial charge in [-0.25, -0.2) is 9.97 Å². The number of halogens is 1. The van der Waals surface area contributed by atoms with E-state index in [0.29, 0.717) is 5.28 Å². The minimum atomic E-state index is 0. The summed E-state index contributed by atoms with van der Waals surface area (Å²) in [5.41, 5.74) is 0. The normalized spacial score (nSPS) is 7.62. The fraction of sp³-hybridized carbons (Fsp3) is 0. The molecule has 4 heteroatoms. The van der Waals surface area contributed by atoms with Crippen LogP contribution in [0.3, 0.4) is 0 Å². The molecule has 3 nitrogen and oxygen atoms in total. The van der Waals surface area contributed by atoms with Gasteiger partial charge < -0.3 is 6.15 Å². The van der Waals surface area contributed by atoms with Crippen molar-refractivity contribution in [2.75, 3.05) is 0 Å². The van der Waals surface area contributed by atoms with E-state index in [0.717, 1.165) is 0 Å². The van der Waals surface area contributed by atoms with Gasteiger partial charge in [0.15, 0.2) is 0 Å². The summed E-state index contributed by atoms with van der Waals surface area (Å²) in [5, 5.41) is 0.294. The zero-order valence-corrected chi connectivity index (χ0v) is 4.97. The van der Waals surface area contributed by atoms with Crippen LogP contribution < -0.4 is 6.15 Å². The molecule has 8 heavy (non-hydrogen) atoms. The lowest BCUT2D eigenvalue weighted by Gasteiger charge is -1.78. The third-order valence-electron chi connectivity index (χ3n) is 0.534. The van der Waals surface area contributed by atoms with Crippen LogP contribution in [0.5, 0.6) is 0 Å². The highest BCUT2D eigenvalue weighted by Crippen LogP contribution is 1.92. The summed E-state index contributed by atoms with van der Waals surface area (Å²) in [6.07, 6.45) is 3.19. The molecule has 44 valence electrons. The van der Waals surface area contributed by atoms with Crippen molar-refractivity contribution < 1.29 is 0 Å². The molecule has 0 saturated carbocycles. The van der Waals surface area contributed by atoms with Crippen molar-refractivity contribution in [2.24, 2.45) is 0 Å². The second-order valence-electron chi connectivity index (χ2n) is 1.02. The summed E-state index contributed by atoms with van der Waals surface area (Å²) in [5.74, 6) is 0. The van der Waals surface area contributed by atoms with Crippen molar-refractivity contribution >= 4 is 11.6 Å². The molecule has 1 heterocycles. The van der Waals surface area contributed by atoms with Crippen LogP contribution in [0.25, 0.3) is 0 Å². The molecule has 0 saturated heterocycles. The van der Waals surface area contributed by atoms with E-state index in [9.17, 15) is 0 Å². The van der Waals surface area contributed by atoms with E-state index in [-0.39, 0.29) is 6.15 Å². The van der Waals surface area contributed by atoms with Crippen LogP contribution in [-0.2, 0) is 0 Å². The predicted octanol–water partition coefficient (Wildman–Crippen LogP) is 1.29. The molecule has 0 bridgehead atoms.